The molecule has 7 nitrogen and oxygen atoms in total. The molecule has 2 aromatic rings. The number of benzene rings is 2. The average Bonchev–Trinajstić information content (AvgIpc) is 2.58. The first-order valence-corrected chi connectivity index (χ1v) is 7.67. The lowest BCUT2D eigenvalue weighted by molar-refractivity contribution is -0.384. The molecule has 0 bridgehead atoms. The van der Waals surface area contributed by atoms with E-state index in [0.717, 1.165) is 18.8 Å². The second-order valence-corrected chi connectivity index (χ2v) is 5.06. The molecule has 0 aliphatic rings. The number of rotatable bonds is 7. The standard InChI is InChI=1S/C17H20N4O3/c1-3-20(4-2)14-10-9-13(17(22)11-14)12-18-19-15-7-5-6-8-16(15)21(23)24/h5-12,19,22H,3-4H2,1-2H3/b18-12-. The number of hydrazone groups is 1. The van der Waals surface area contributed by atoms with E-state index in [2.05, 4.69) is 15.4 Å². The van der Waals surface area contributed by atoms with Crippen LogP contribution in [0.2, 0.25) is 0 Å². The number of nitrogens with zero attached hydrogens (tertiary/aromatic N) is 3. The molecular weight excluding hydrogens is 308 g/mol. The van der Waals surface area contributed by atoms with Crippen LogP contribution >= 0.6 is 0 Å². The van der Waals surface area contributed by atoms with Gasteiger partial charge in [-0.1, -0.05) is 12.1 Å². The molecule has 0 unspecified atom stereocenters. The lowest BCUT2D eigenvalue weighted by Gasteiger charge is -2.21. The van der Waals surface area contributed by atoms with Gasteiger partial charge in [-0.15, -0.1) is 0 Å². The SMILES string of the molecule is CCN(CC)c1ccc(/C=N\Nc2ccccc2[N+](=O)[O-])c(O)c1. The first kappa shape index (κ1) is 17.3. The van der Waals surface area contributed by atoms with Gasteiger partial charge < -0.3 is 10.0 Å². The van der Waals surface area contributed by atoms with Crippen LogP contribution in [-0.2, 0) is 0 Å². The van der Waals surface area contributed by atoms with Crippen molar-refractivity contribution in [1.82, 2.24) is 0 Å². The van der Waals surface area contributed by atoms with E-state index in [1.165, 1.54) is 12.3 Å². The fraction of sp³-hybridized carbons (Fsp3) is 0.235. The lowest BCUT2D eigenvalue weighted by atomic mass is 10.2. The predicted octanol–water partition coefficient (Wildman–Crippen LogP) is 3.59. The largest absolute Gasteiger partial charge is 0.507 e. The van der Waals surface area contributed by atoms with Gasteiger partial charge in [-0.25, -0.2) is 0 Å². The van der Waals surface area contributed by atoms with Crippen LogP contribution in [0.5, 0.6) is 5.75 Å². The van der Waals surface area contributed by atoms with Gasteiger partial charge in [0.2, 0.25) is 0 Å². The van der Waals surface area contributed by atoms with E-state index >= 15 is 0 Å². The molecule has 0 heterocycles. The van der Waals surface area contributed by atoms with Gasteiger partial charge in [-0.3, -0.25) is 15.5 Å². The Labute approximate surface area is 140 Å². The summed E-state index contributed by atoms with van der Waals surface area (Å²) < 4.78 is 0. The molecular formula is C17H20N4O3. The number of hydrogen-bond acceptors (Lipinski definition) is 6. The van der Waals surface area contributed by atoms with Crippen LogP contribution in [-0.4, -0.2) is 29.3 Å². The molecule has 0 aromatic heterocycles. The Kier molecular flexibility index (Phi) is 5.73. The van der Waals surface area contributed by atoms with Gasteiger partial charge in [-0.05, 0) is 32.0 Å². The number of anilines is 2. The summed E-state index contributed by atoms with van der Waals surface area (Å²) >= 11 is 0. The highest BCUT2D eigenvalue weighted by atomic mass is 16.6. The molecule has 2 rings (SSSR count). The summed E-state index contributed by atoms with van der Waals surface area (Å²) in [5, 5.41) is 25.0. The third kappa shape index (κ3) is 4.01. The third-order valence-corrected chi connectivity index (χ3v) is 3.63. The van der Waals surface area contributed by atoms with Crippen LogP contribution in [0.1, 0.15) is 19.4 Å². The van der Waals surface area contributed by atoms with Gasteiger partial charge in [0.1, 0.15) is 11.4 Å². The third-order valence-electron chi connectivity index (χ3n) is 3.63. The van der Waals surface area contributed by atoms with Crippen molar-refractivity contribution in [2.75, 3.05) is 23.4 Å². The van der Waals surface area contributed by atoms with Crippen LogP contribution in [0, 0.1) is 10.1 Å². The maximum absolute atomic E-state index is 10.9. The Morgan fingerprint density at radius 1 is 1.25 bits per heavy atom. The zero-order valence-corrected chi connectivity index (χ0v) is 13.6. The van der Waals surface area contributed by atoms with E-state index < -0.39 is 4.92 Å². The van der Waals surface area contributed by atoms with E-state index in [1.807, 2.05) is 19.9 Å². The molecule has 0 aliphatic heterocycles. The molecule has 126 valence electrons. The molecule has 7 heteroatoms. The number of para-hydroxylation sites is 2. The average molecular weight is 328 g/mol. The van der Waals surface area contributed by atoms with Crippen LogP contribution < -0.4 is 10.3 Å². The summed E-state index contributed by atoms with van der Waals surface area (Å²) in [4.78, 5) is 12.6. The van der Waals surface area contributed by atoms with E-state index in [9.17, 15) is 15.2 Å². The Bertz CT molecular complexity index is 742. The molecule has 0 saturated heterocycles. The summed E-state index contributed by atoms with van der Waals surface area (Å²) in [6, 6.07) is 11.6. The van der Waals surface area contributed by atoms with Crippen LogP contribution in [0.25, 0.3) is 0 Å². The normalized spacial score (nSPS) is 10.8. The topological polar surface area (TPSA) is 91.0 Å². The zero-order chi connectivity index (χ0) is 17.5. The van der Waals surface area contributed by atoms with Crippen molar-refractivity contribution in [3.8, 4) is 5.75 Å². The van der Waals surface area contributed by atoms with Crippen molar-refractivity contribution in [1.29, 1.82) is 0 Å². The zero-order valence-electron chi connectivity index (χ0n) is 13.6. The van der Waals surface area contributed by atoms with E-state index in [1.54, 1.807) is 30.3 Å². The number of aromatic hydroxyl groups is 1. The molecule has 0 aliphatic carbocycles. The number of phenolic OH excluding ortho intramolecular Hbond substituents is 1. The molecule has 0 saturated carbocycles. The first-order valence-electron chi connectivity index (χ1n) is 7.67. The number of hydrogen-bond donors (Lipinski definition) is 2. The summed E-state index contributed by atoms with van der Waals surface area (Å²) in [6.45, 7) is 5.80. The maximum atomic E-state index is 10.9. The minimum Gasteiger partial charge on any atom is -0.507 e. The number of nitrogens with one attached hydrogen (secondary N) is 1. The van der Waals surface area contributed by atoms with E-state index in [-0.39, 0.29) is 17.1 Å². The van der Waals surface area contributed by atoms with Gasteiger partial charge in [0.25, 0.3) is 5.69 Å². The maximum Gasteiger partial charge on any atom is 0.294 e. The van der Waals surface area contributed by atoms with Gasteiger partial charge in [0.05, 0.1) is 11.1 Å². The fourth-order valence-electron chi connectivity index (χ4n) is 2.33. The van der Waals surface area contributed by atoms with Crippen molar-refractivity contribution in [2.24, 2.45) is 5.10 Å². The molecule has 0 amide bonds. The lowest BCUT2D eigenvalue weighted by Crippen LogP contribution is -2.21. The van der Waals surface area contributed by atoms with Crippen molar-refractivity contribution >= 4 is 23.3 Å². The molecule has 2 aromatic carbocycles. The summed E-state index contributed by atoms with van der Waals surface area (Å²) in [6.07, 6.45) is 1.43. The number of phenols is 1. The highest BCUT2D eigenvalue weighted by Gasteiger charge is 2.11. The van der Waals surface area contributed by atoms with E-state index in [4.69, 9.17) is 0 Å². The minimum atomic E-state index is -0.478. The number of nitro groups is 1. The monoisotopic (exact) mass is 328 g/mol. The van der Waals surface area contributed by atoms with Gasteiger partial charge >= 0.3 is 0 Å². The van der Waals surface area contributed by atoms with Crippen molar-refractivity contribution < 1.29 is 10.0 Å². The summed E-state index contributed by atoms with van der Waals surface area (Å²) in [5.74, 6) is 0.104. The second kappa shape index (κ2) is 7.96. The molecule has 24 heavy (non-hydrogen) atoms. The summed E-state index contributed by atoms with van der Waals surface area (Å²) in [5.41, 5.74) is 4.32. The Balaban J connectivity index is 2.14. The van der Waals surface area contributed by atoms with Gasteiger partial charge in [0, 0.05) is 36.5 Å². The van der Waals surface area contributed by atoms with Crippen LogP contribution in [0.4, 0.5) is 17.1 Å². The van der Waals surface area contributed by atoms with E-state index in [0.29, 0.717) is 5.56 Å². The Hall–Kier alpha value is -3.09. The fourth-order valence-corrected chi connectivity index (χ4v) is 2.33. The van der Waals surface area contributed by atoms with Crippen LogP contribution in [0.3, 0.4) is 0 Å². The molecule has 0 radical (unpaired) electrons. The smallest absolute Gasteiger partial charge is 0.294 e. The van der Waals surface area contributed by atoms with Crippen molar-refractivity contribution in [3.63, 3.8) is 0 Å². The highest BCUT2D eigenvalue weighted by molar-refractivity contribution is 5.85. The Morgan fingerprint density at radius 3 is 2.58 bits per heavy atom. The van der Waals surface area contributed by atoms with Gasteiger partial charge in [-0.2, -0.15) is 5.10 Å². The Morgan fingerprint density at radius 2 is 1.96 bits per heavy atom. The van der Waals surface area contributed by atoms with Crippen molar-refractivity contribution in [2.45, 2.75) is 13.8 Å². The molecule has 0 fully saturated rings. The molecule has 0 spiro atoms. The van der Waals surface area contributed by atoms with Crippen molar-refractivity contribution in [3.05, 3.63) is 58.1 Å². The summed E-state index contributed by atoms with van der Waals surface area (Å²) in [7, 11) is 0. The van der Waals surface area contributed by atoms with Gasteiger partial charge in [0.15, 0.2) is 0 Å². The highest BCUT2D eigenvalue weighted by Crippen LogP contribution is 2.25. The van der Waals surface area contributed by atoms with Crippen LogP contribution in [0.15, 0.2) is 47.6 Å². The number of nitro benzene ring substituents is 1. The quantitative estimate of drug-likeness (QED) is 0.460. The first-order chi connectivity index (χ1) is 11.6. The minimum absolute atomic E-state index is 0.0595. The molecule has 0 atom stereocenters. The predicted molar refractivity (Wildman–Crippen MR) is 96.0 cm³/mol. The molecule has 2 N–H and O–H groups in total. The second-order valence-electron chi connectivity index (χ2n) is 5.06.